The number of rotatable bonds is 5. The lowest BCUT2D eigenvalue weighted by Crippen LogP contribution is -2.19. The molecule has 7 heteroatoms. The molecular formula is C22H20ClN3O3. The van der Waals surface area contributed by atoms with Gasteiger partial charge in [-0.2, -0.15) is 5.10 Å². The lowest BCUT2D eigenvalue weighted by molar-refractivity contribution is 0.0956. The van der Waals surface area contributed by atoms with Crippen molar-refractivity contribution in [1.29, 1.82) is 0 Å². The summed E-state index contributed by atoms with van der Waals surface area (Å²) in [6.45, 7) is 4.41. The second kappa shape index (κ2) is 8.09. The molecule has 148 valence electrons. The number of ether oxygens (including phenoxy) is 2. The number of pyridine rings is 1. The van der Waals surface area contributed by atoms with Gasteiger partial charge in [0.05, 0.1) is 22.3 Å². The zero-order chi connectivity index (χ0) is 20.4. The van der Waals surface area contributed by atoms with Crippen molar-refractivity contribution in [2.45, 2.75) is 20.3 Å². The second-order valence-corrected chi connectivity index (χ2v) is 7.61. The fraction of sp³-hybridized carbons (Fsp3) is 0.227. The normalized spacial score (nSPS) is 12.8. The summed E-state index contributed by atoms with van der Waals surface area (Å²) < 4.78 is 10.6. The van der Waals surface area contributed by atoms with Gasteiger partial charge in [-0.15, -0.1) is 0 Å². The Morgan fingerprint density at radius 2 is 2.00 bits per heavy atom. The van der Waals surface area contributed by atoms with Gasteiger partial charge in [-0.1, -0.05) is 43.6 Å². The molecule has 0 unspecified atom stereocenters. The molecule has 0 bridgehead atoms. The van der Waals surface area contributed by atoms with Crippen LogP contribution in [0, 0.1) is 5.92 Å². The van der Waals surface area contributed by atoms with Crippen LogP contribution < -0.4 is 14.9 Å². The first kappa shape index (κ1) is 19.2. The molecule has 0 spiro atoms. The Morgan fingerprint density at radius 1 is 1.24 bits per heavy atom. The minimum Gasteiger partial charge on any atom is -0.454 e. The van der Waals surface area contributed by atoms with Gasteiger partial charge in [0, 0.05) is 22.7 Å². The first-order chi connectivity index (χ1) is 14.0. The number of halogens is 1. The van der Waals surface area contributed by atoms with E-state index >= 15 is 0 Å². The van der Waals surface area contributed by atoms with Gasteiger partial charge in [-0.25, -0.2) is 5.43 Å². The molecule has 1 aliphatic rings. The molecule has 0 atom stereocenters. The van der Waals surface area contributed by atoms with E-state index in [1.807, 2.05) is 30.3 Å². The van der Waals surface area contributed by atoms with Gasteiger partial charge in [0.15, 0.2) is 11.5 Å². The Morgan fingerprint density at radius 3 is 2.79 bits per heavy atom. The number of aromatic nitrogens is 1. The first-order valence-corrected chi connectivity index (χ1v) is 9.70. The number of hydrazone groups is 1. The van der Waals surface area contributed by atoms with Crippen molar-refractivity contribution in [2.75, 3.05) is 6.79 Å². The molecule has 1 amide bonds. The lowest BCUT2D eigenvalue weighted by Gasteiger charge is -2.10. The summed E-state index contributed by atoms with van der Waals surface area (Å²) >= 11 is 6.24. The first-order valence-electron chi connectivity index (χ1n) is 9.32. The fourth-order valence-electron chi connectivity index (χ4n) is 3.19. The van der Waals surface area contributed by atoms with Gasteiger partial charge in [0.25, 0.3) is 5.91 Å². The average Bonchev–Trinajstić information content (AvgIpc) is 3.14. The van der Waals surface area contributed by atoms with Crippen LogP contribution in [-0.2, 0) is 6.42 Å². The largest absolute Gasteiger partial charge is 0.454 e. The minimum absolute atomic E-state index is 0.164. The molecule has 4 rings (SSSR count). The van der Waals surface area contributed by atoms with Crippen LogP contribution in [0.2, 0.25) is 5.02 Å². The summed E-state index contributed by atoms with van der Waals surface area (Å²) in [5.41, 5.74) is 5.42. The van der Waals surface area contributed by atoms with Crippen molar-refractivity contribution >= 4 is 34.6 Å². The highest BCUT2D eigenvalue weighted by Gasteiger charge is 2.16. The van der Waals surface area contributed by atoms with Crippen LogP contribution in [0.3, 0.4) is 0 Å². The summed E-state index contributed by atoms with van der Waals surface area (Å²) in [6, 6.07) is 12.8. The topological polar surface area (TPSA) is 72.8 Å². The van der Waals surface area contributed by atoms with E-state index in [-0.39, 0.29) is 12.7 Å². The highest BCUT2D eigenvalue weighted by molar-refractivity contribution is 6.33. The van der Waals surface area contributed by atoms with Crippen LogP contribution in [0.15, 0.2) is 47.6 Å². The van der Waals surface area contributed by atoms with Gasteiger partial charge in [0.1, 0.15) is 0 Å². The maximum Gasteiger partial charge on any atom is 0.272 e. The van der Waals surface area contributed by atoms with Gasteiger partial charge >= 0.3 is 0 Å². The van der Waals surface area contributed by atoms with E-state index < -0.39 is 0 Å². The Balaban J connectivity index is 1.58. The number of nitrogens with one attached hydrogen (secondary N) is 1. The Hall–Kier alpha value is -3.12. The summed E-state index contributed by atoms with van der Waals surface area (Å²) in [5, 5.41) is 5.32. The molecule has 0 saturated heterocycles. The summed E-state index contributed by atoms with van der Waals surface area (Å²) in [7, 11) is 0. The number of nitrogens with zero attached hydrogens (tertiary/aromatic N) is 2. The molecule has 1 aromatic heterocycles. The van der Waals surface area contributed by atoms with Crippen LogP contribution in [0.5, 0.6) is 11.5 Å². The molecule has 29 heavy (non-hydrogen) atoms. The van der Waals surface area contributed by atoms with E-state index in [1.54, 1.807) is 12.1 Å². The standard InChI is InChI=1S/C22H20ClN3O3/c1-13(2)7-15-9-17(16-5-3-4-6-19(16)25-15)22(27)26-24-11-14-8-20-21(10-18(14)23)29-12-28-20/h3-6,8-11,13H,7,12H2,1-2H3,(H,26,27). The Labute approximate surface area is 173 Å². The van der Waals surface area contributed by atoms with E-state index in [0.29, 0.717) is 33.6 Å². The number of para-hydroxylation sites is 1. The molecule has 2 heterocycles. The highest BCUT2D eigenvalue weighted by atomic mass is 35.5. The van der Waals surface area contributed by atoms with Crippen LogP contribution in [-0.4, -0.2) is 23.9 Å². The zero-order valence-corrected chi connectivity index (χ0v) is 16.9. The summed E-state index contributed by atoms with van der Waals surface area (Å²) in [6.07, 6.45) is 2.28. The van der Waals surface area contributed by atoms with Crippen molar-refractivity contribution in [3.8, 4) is 11.5 Å². The molecule has 1 N–H and O–H groups in total. The third-order valence-corrected chi connectivity index (χ3v) is 4.82. The maximum atomic E-state index is 12.8. The number of fused-ring (bicyclic) bond motifs is 2. The van der Waals surface area contributed by atoms with Gasteiger partial charge in [-0.05, 0) is 30.5 Å². The number of hydrogen-bond donors (Lipinski definition) is 1. The van der Waals surface area contributed by atoms with E-state index in [2.05, 4.69) is 29.4 Å². The number of amides is 1. The van der Waals surface area contributed by atoms with Crippen LogP contribution in [0.1, 0.15) is 35.5 Å². The van der Waals surface area contributed by atoms with Gasteiger partial charge in [0.2, 0.25) is 6.79 Å². The van der Waals surface area contributed by atoms with Gasteiger partial charge in [-0.3, -0.25) is 9.78 Å². The van der Waals surface area contributed by atoms with E-state index in [4.69, 9.17) is 21.1 Å². The van der Waals surface area contributed by atoms with Crippen LogP contribution >= 0.6 is 11.6 Å². The number of benzene rings is 2. The quantitative estimate of drug-likeness (QED) is 0.494. The second-order valence-electron chi connectivity index (χ2n) is 7.20. The molecule has 0 aliphatic carbocycles. The molecule has 0 saturated carbocycles. The summed E-state index contributed by atoms with van der Waals surface area (Å²) in [4.78, 5) is 17.5. The van der Waals surface area contributed by atoms with Crippen molar-refractivity contribution in [3.63, 3.8) is 0 Å². The summed E-state index contributed by atoms with van der Waals surface area (Å²) in [5.74, 6) is 1.32. The molecule has 3 aromatic rings. The van der Waals surface area contributed by atoms with Gasteiger partial charge < -0.3 is 9.47 Å². The smallest absolute Gasteiger partial charge is 0.272 e. The third-order valence-electron chi connectivity index (χ3n) is 4.49. The molecule has 0 radical (unpaired) electrons. The minimum atomic E-state index is -0.304. The maximum absolute atomic E-state index is 12.8. The van der Waals surface area contributed by atoms with Crippen molar-refractivity contribution in [1.82, 2.24) is 10.4 Å². The average molecular weight is 410 g/mol. The van der Waals surface area contributed by atoms with E-state index in [0.717, 1.165) is 23.0 Å². The van der Waals surface area contributed by atoms with Crippen molar-refractivity contribution in [2.24, 2.45) is 11.0 Å². The Kier molecular flexibility index (Phi) is 5.36. The van der Waals surface area contributed by atoms with Crippen molar-refractivity contribution in [3.05, 3.63) is 64.3 Å². The molecule has 0 fully saturated rings. The number of hydrogen-bond acceptors (Lipinski definition) is 5. The number of carbonyl (C=O) groups is 1. The lowest BCUT2D eigenvalue weighted by atomic mass is 10.0. The zero-order valence-electron chi connectivity index (χ0n) is 16.1. The highest BCUT2D eigenvalue weighted by Crippen LogP contribution is 2.36. The monoisotopic (exact) mass is 409 g/mol. The van der Waals surface area contributed by atoms with Crippen LogP contribution in [0.25, 0.3) is 10.9 Å². The van der Waals surface area contributed by atoms with E-state index in [9.17, 15) is 4.79 Å². The molecule has 6 nitrogen and oxygen atoms in total. The van der Waals surface area contributed by atoms with E-state index in [1.165, 1.54) is 6.21 Å². The molecule has 1 aliphatic heterocycles. The van der Waals surface area contributed by atoms with Crippen LogP contribution in [0.4, 0.5) is 0 Å². The third kappa shape index (κ3) is 4.17. The Bertz CT molecular complexity index is 1110. The SMILES string of the molecule is CC(C)Cc1cc(C(=O)NN=Cc2cc3c(cc2Cl)OCO3)c2ccccc2n1. The predicted molar refractivity (Wildman–Crippen MR) is 113 cm³/mol. The fourth-order valence-corrected chi connectivity index (χ4v) is 3.40. The number of carbonyl (C=O) groups excluding carboxylic acids is 1. The molecule has 2 aromatic carbocycles. The predicted octanol–water partition coefficient (Wildman–Crippen LogP) is 4.58. The van der Waals surface area contributed by atoms with Crippen molar-refractivity contribution < 1.29 is 14.3 Å². The molecular weight excluding hydrogens is 390 g/mol.